The molecule has 4 rings (SSSR count). The molecular formula is C23H28N2O4S. The second-order valence-corrected chi connectivity index (χ2v) is 10.0. The lowest BCUT2D eigenvalue weighted by molar-refractivity contribution is -0.128. The summed E-state index contributed by atoms with van der Waals surface area (Å²) >= 11 is 0. The fourth-order valence-electron chi connectivity index (χ4n) is 4.20. The SMILES string of the molecule is Cc1ccc2c(c1)O[C@@H](C(=O)NCC1CCCCC1)CN2S(=O)(=O)c1ccccc1. The Morgan fingerprint density at radius 1 is 1.10 bits per heavy atom. The summed E-state index contributed by atoms with van der Waals surface area (Å²) in [4.78, 5) is 13.1. The first-order valence-electron chi connectivity index (χ1n) is 10.6. The number of sulfonamides is 1. The van der Waals surface area contributed by atoms with Gasteiger partial charge in [0.2, 0.25) is 0 Å². The summed E-state index contributed by atoms with van der Waals surface area (Å²) in [5.74, 6) is 0.643. The van der Waals surface area contributed by atoms with Crippen molar-refractivity contribution in [2.45, 2.75) is 50.0 Å². The lowest BCUT2D eigenvalue weighted by Crippen LogP contribution is -2.51. The van der Waals surface area contributed by atoms with E-state index in [4.69, 9.17) is 4.74 Å². The van der Waals surface area contributed by atoms with E-state index in [9.17, 15) is 13.2 Å². The van der Waals surface area contributed by atoms with Crippen LogP contribution >= 0.6 is 0 Å². The Morgan fingerprint density at radius 2 is 1.83 bits per heavy atom. The van der Waals surface area contributed by atoms with Gasteiger partial charge in [-0.25, -0.2) is 8.42 Å². The Balaban J connectivity index is 1.58. The number of aryl methyl sites for hydroxylation is 1. The molecule has 2 aliphatic rings. The van der Waals surface area contributed by atoms with Crippen molar-refractivity contribution in [3.63, 3.8) is 0 Å². The van der Waals surface area contributed by atoms with Crippen LogP contribution in [0.5, 0.6) is 5.75 Å². The van der Waals surface area contributed by atoms with Gasteiger partial charge in [-0.15, -0.1) is 0 Å². The van der Waals surface area contributed by atoms with E-state index in [1.54, 1.807) is 42.5 Å². The molecule has 1 fully saturated rings. The van der Waals surface area contributed by atoms with Gasteiger partial charge in [-0.1, -0.05) is 43.5 Å². The number of hydrogen-bond donors (Lipinski definition) is 1. The molecule has 0 unspecified atom stereocenters. The van der Waals surface area contributed by atoms with E-state index in [0.717, 1.165) is 18.4 Å². The van der Waals surface area contributed by atoms with Gasteiger partial charge >= 0.3 is 0 Å². The number of carbonyl (C=O) groups is 1. The number of nitrogens with one attached hydrogen (secondary N) is 1. The Labute approximate surface area is 178 Å². The minimum atomic E-state index is -3.82. The second kappa shape index (κ2) is 8.68. The third kappa shape index (κ3) is 4.31. The average Bonchev–Trinajstić information content (AvgIpc) is 2.77. The fraction of sp³-hybridized carbons (Fsp3) is 0.435. The molecule has 0 bridgehead atoms. The van der Waals surface area contributed by atoms with Crippen molar-refractivity contribution in [2.24, 2.45) is 5.92 Å². The minimum Gasteiger partial charge on any atom is -0.476 e. The van der Waals surface area contributed by atoms with Crippen LogP contribution in [0.3, 0.4) is 0 Å². The molecule has 1 heterocycles. The lowest BCUT2D eigenvalue weighted by atomic mass is 9.89. The predicted octanol–water partition coefficient (Wildman–Crippen LogP) is 3.65. The molecule has 30 heavy (non-hydrogen) atoms. The van der Waals surface area contributed by atoms with Crippen LogP contribution in [0, 0.1) is 12.8 Å². The van der Waals surface area contributed by atoms with E-state index in [1.165, 1.54) is 23.6 Å². The van der Waals surface area contributed by atoms with Gasteiger partial charge in [0, 0.05) is 6.54 Å². The monoisotopic (exact) mass is 428 g/mol. The number of anilines is 1. The second-order valence-electron chi connectivity index (χ2n) is 8.18. The molecule has 0 aromatic heterocycles. The van der Waals surface area contributed by atoms with Crippen molar-refractivity contribution in [1.82, 2.24) is 5.32 Å². The fourth-order valence-corrected chi connectivity index (χ4v) is 5.69. The van der Waals surface area contributed by atoms with Gasteiger partial charge in [-0.2, -0.15) is 0 Å². The summed E-state index contributed by atoms with van der Waals surface area (Å²) in [5, 5.41) is 2.99. The molecule has 1 aliphatic carbocycles. The molecule has 160 valence electrons. The highest BCUT2D eigenvalue weighted by atomic mass is 32.2. The minimum absolute atomic E-state index is 0.0518. The van der Waals surface area contributed by atoms with Crippen molar-refractivity contribution < 1.29 is 17.9 Å². The van der Waals surface area contributed by atoms with Crippen molar-refractivity contribution in [3.05, 3.63) is 54.1 Å². The zero-order valence-corrected chi connectivity index (χ0v) is 18.0. The van der Waals surface area contributed by atoms with Gasteiger partial charge in [0.25, 0.3) is 15.9 Å². The molecule has 2 aromatic rings. The number of hydrogen-bond acceptors (Lipinski definition) is 4. The number of nitrogens with zero attached hydrogens (tertiary/aromatic N) is 1. The molecular weight excluding hydrogens is 400 g/mol. The Bertz CT molecular complexity index is 1000. The lowest BCUT2D eigenvalue weighted by Gasteiger charge is -2.35. The number of rotatable bonds is 5. The van der Waals surface area contributed by atoms with Gasteiger partial charge in [0.05, 0.1) is 17.1 Å². The van der Waals surface area contributed by atoms with Crippen LogP contribution in [0.15, 0.2) is 53.4 Å². The van der Waals surface area contributed by atoms with Gasteiger partial charge in [-0.05, 0) is 55.5 Å². The van der Waals surface area contributed by atoms with Crippen LogP contribution in [0.1, 0.15) is 37.7 Å². The van der Waals surface area contributed by atoms with Gasteiger partial charge in [0.1, 0.15) is 5.75 Å². The Kier molecular flexibility index (Phi) is 5.99. The van der Waals surface area contributed by atoms with Gasteiger partial charge in [0.15, 0.2) is 6.10 Å². The largest absolute Gasteiger partial charge is 0.476 e. The Hall–Kier alpha value is -2.54. The molecule has 1 amide bonds. The number of carbonyl (C=O) groups excluding carboxylic acids is 1. The average molecular weight is 429 g/mol. The maximum atomic E-state index is 13.3. The molecule has 0 saturated heterocycles. The predicted molar refractivity (Wildman–Crippen MR) is 116 cm³/mol. The highest BCUT2D eigenvalue weighted by molar-refractivity contribution is 7.92. The third-order valence-corrected chi connectivity index (χ3v) is 7.69. The van der Waals surface area contributed by atoms with E-state index in [2.05, 4.69) is 5.32 Å². The Morgan fingerprint density at radius 3 is 2.57 bits per heavy atom. The maximum absolute atomic E-state index is 13.3. The molecule has 1 atom stereocenters. The van der Waals surface area contributed by atoms with Crippen LogP contribution in [-0.2, 0) is 14.8 Å². The zero-order chi connectivity index (χ0) is 21.1. The molecule has 0 radical (unpaired) electrons. The first-order valence-corrected chi connectivity index (χ1v) is 12.0. The third-order valence-electron chi connectivity index (χ3n) is 5.90. The summed E-state index contributed by atoms with van der Waals surface area (Å²) in [6.45, 7) is 2.47. The summed E-state index contributed by atoms with van der Waals surface area (Å²) in [5.41, 5.74) is 1.40. The van der Waals surface area contributed by atoms with Crippen molar-refractivity contribution >= 4 is 21.6 Å². The summed E-state index contributed by atoms with van der Waals surface area (Å²) < 4.78 is 33.9. The van der Waals surface area contributed by atoms with E-state index >= 15 is 0 Å². The maximum Gasteiger partial charge on any atom is 0.264 e. The highest BCUT2D eigenvalue weighted by Crippen LogP contribution is 2.37. The van der Waals surface area contributed by atoms with Crippen molar-refractivity contribution in [2.75, 3.05) is 17.4 Å². The number of ether oxygens (including phenoxy) is 1. The summed E-state index contributed by atoms with van der Waals surface area (Å²) in [6, 6.07) is 13.7. The molecule has 0 spiro atoms. The van der Waals surface area contributed by atoms with Crippen molar-refractivity contribution in [3.8, 4) is 5.75 Å². The van der Waals surface area contributed by atoms with E-state index in [1.807, 2.05) is 13.0 Å². The molecule has 1 aliphatic heterocycles. The summed E-state index contributed by atoms with van der Waals surface area (Å²) in [7, 11) is -3.82. The van der Waals surface area contributed by atoms with Crippen LogP contribution in [0.25, 0.3) is 0 Å². The molecule has 7 heteroatoms. The first kappa shape index (κ1) is 20.7. The van der Waals surface area contributed by atoms with Crippen LogP contribution in [-0.4, -0.2) is 33.5 Å². The number of benzene rings is 2. The molecule has 1 N–H and O–H groups in total. The van der Waals surface area contributed by atoms with Gasteiger partial charge in [-0.3, -0.25) is 9.10 Å². The topological polar surface area (TPSA) is 75.7 Å². The summed E-state index contributed by atoms with van der Waals surface area (Å²) in [6.07, 6.45) is 5.04. The molecule has 1 saturated carbocycles. The van der Waals surface area contributed by atoms with Crippen LogP contribution in [0.2, 0.25) is 0 Å². The molecule has 6 nitrogen and oxygen atoms in total. The first-order chi connectivity index (χ1) is 14.4. The van der Waals surface area contributed by atoms with Crippen molar-refractivity contribution in [1.29, 1.82) is 0 Å². The highest BCUT2D eigenvalue weighted by Gasteiger charge is 2.37. The normalized spacial score (nSPS) is 19.6. The van der Waals surface area contributed by atoms with Gasteiger partial charge < -0.3 is 10.1 Å². The molecule has 2 aromatic carbocycles. The van der Waals surface area contributed by atoms with Crippen LogP contribution < -0.4 is 14.4 Å². The van der Waals surface area contributed by atoms with E-state index in [-0.39, 0.29) is 17.3 Å². The number of fused-ring (bicyclic) bond motifs is 1. The smallest absolute Gasteiger partial charge is 0.264 e. The van der Waals surface area contributed by atoms with Crippen LogP contribution in [0.4, 0.5) is 5.69 Å². The van der Waals surface area contributed by atoms with E-state index in [0.29, 0.717) is 23.9 Å². The zero-order valence-electron chi connectivity index (χ0n) is 17.2. The van der Waals surface area contributed by atoms with E-state index < -0.39 is 16.1 Å². The number of amides is 1. The standard InChI is InChI=1S/C23H28N2O4S/c1-17-12-13-20-21(14-17)29-22(23(26)24-15-18-8-4-2-5-9-18)16-25(20)30(27,28)19-10-6-3-7-11-19/h3,6-7,10-14,18,22H,2,4-5,8-9,15-16H2,1H3,(H,24,26)/t22-/m1/s1. The quantitative estimate of drug-likeness (QED) is 0.789.